The van der Waals surface area contributed by atoms with Gasteiger partial charge in [0.1, 0.15) is 11.5 Å². The Bertz CT molecular complexity index is 1080. The maximum absolute atomic E-state index is 13.1. The van der Waals surface area contributed by atoms with Gasteiger partial charge >= 0.3 is 0 Å². The van der Waals surface area contributed by atoms with Gasteiger partial charge < -0.3 is 14.8 Å². The van der Waals surface area contributed by atoms with E-state index in [1.54, 1.807) is 29.3 Å². The molecule has 0 bridgehead atoms. The first-order chi connectivity index (χ1) is 16.1. The van der Waals surface area contributed by atoms with Gasteiger partial charge in [-0.05, 0) is 50.2 Å². The van der Waals surface area contributed by atoms with E-state index in [0.29, 0.717) is 55.5 Å². The van der Waals surface area contributed by atoms with Crippen molar-refractivity contribution in [3.05, 3.63) is 57.5 Å². The van der Waals surface area contributed by atoms with Crippen LogP contribution in [0.5, 0.6) is 0 Å². The van der Waals surface area contributed by atoms with Crippen LogP contribution in [0.25, 0.3) is 0 Å². The van der Waals surface area contributed by atoms with Crippen molar-refractivity contribution in [1.29, 1.82) is 0 Å². The Morgan fingerprint density at radius 2 is 1.88 bits per heavy atom. The standard InChI is InChI=1S/C25H31N5O3/c31-22(15-17-7-1-2-8-17)29-14-11-19-18(16-29)24(32)28-23(27-19)21-10-4-6-13-30(21)25(33)20-9-3-5-12-26-20/h3,5,9,12,17,21H,1-2,4,6-8,10-11,13-16H2,(H,27,28,32). The number of aromatic amines is 1. The normalized spacial score (nSPS) is 21.2. The van der Waals surface area contributed by atoms with Crippen molar-refractivity contribution in [3.63, 3.8) is 0 Å². The summed E-state index contributed by atoms with van der Waals surface area (Å²) in [5.74, 6) is 1.06. The zero-order valence-corrected chi connectivity index (χ0v) is 19.0. The number of nitrogens with one attached hydrogen (secondary N) is 1. The molecular weight excluding hydrogens is 418 g/mol. The smallest absolute Gasteiger partial charge is 0.273 e. The van der Waals surface area contributed by atoms with Gasteiger partial charge in [0, 0.05) is 32.1 Å². The van der Waals surface area contributed by atoms with Crippen molar-refractivity contribution in [2.45, 2.75) is 70.4 Å². The van der Waals surface area contributed by atoms with Crippen LogP contribution in [-0.4, -0.2) is 49.7 Å². The summed E-state index contributed by atoms with van der Waals surface area (Å²) in [7, 11) is 0. The van der Waals surface area contributed by atoms with Crippen LogP contribution in [0.2, 0.25) is 0 Å². The molecule has 1 saturated heterocycles. The van der Waals surface area contributed by atoms with Gasteiger partial charge in [0.2, 0.25) is 5.91 Å². The van der Waals surface area contributed by atoms with Gasteiger partial charge in [-0.15, -0.1) is 0 Å². The van der Waals surface area contributed by atoms with E-state index in [1.165, 1.54) is 12.8 Å². The lowest BCUT2D eigenvalue weighted by atomic mass is 9.99. The Balaban J connectivity index is 1.35. The molecule has 0 aromatic carbocycles. The Kier molecular flexibility index (Phi) is 6.24. The Labute approximate surface area is 193 Å². The zero-order chi connectivity index (χ0) is 22.8. The number of pyridine rings is 1. The van der Waals surface area contributed by atoms with Crippen molar-refractivity contribution < 1.29 is 9.59 Å². The third-order valence-electron chi connectivity index (χ3n) is 7.34. The number of H-pyrrole nitrogens is 1. The minimum Gasteiger partial charge on any atom is -0.338 e. The predicted octanol–water partition coefficient (Wildman–Crippen LogP) is 3.00. The first-order valence-electron chi connectivity index (χ1n) is 12.2. The number of carbonyl (C=O) groups excluding carboxylic acids is 2. The van der Waals surface area contributed by atoms with Crippen LogP contribution in [0.15, 0.2) is 29.2 Å². The summed E-state index contributed by atoms with van der Waals surface area (Å²) in [5, 5.41) is 0. The van der Waals surface area contributed by atoms with Crippen LogP contribution < -0.4 is 5.56 Å². The summed E-state index contributed by atoms with van der Waals surface area (Å²) in [5.41, 5.74) is 1.56. The second-order valence-electron chi connectivity index (χ2n) is 9.52. The van der Waals surface area contributed by atoms with Crippen molar-refractivity contribution >= 4 is 11.8 Å². The van der Waals surface area contributed by atoms with Crippen LogP contribution in [-0.2, 0) is 17.8 Å². The van der Waals surface area contributed by atoms with Crippen LogP contribution in [0.1, 0.15) is 85.0 Å². The maximum atomic E-state index is 13.1. The highest BCUT2D eigenvalue weighted by Crippen LogP contribution is 2.31. The van der Waals surface area contributed by atoms with Crippen molar-refractivity contribution in [2.75, 3.05) is 13.1 Å². The molecule has 33 heavy (non-hydrogen) atoms. The number of rotatable bonds is 4. The van der Waals surface area contributed by atoms with E-state index in [1.807, 2.05) is 4.90 Å². The highest BCUT2D eigenvalue weighted by atomic mass is 16.2. The van der Waals surface area contributed by atoms with E-state index in [-0.39, 0.29) is 23.4 Å². The molecule has 1 N–H and O–H groups in total. The van der Waals surface area contributed by atoms with Crippen LogP contribution in [0.4, 0.5) is 0 Å². The number of nitrogens with zero attached hydrogens (tertiary/aromatic N) is 4. The van der Waals surface area contributed by atoms with Crippen LogP contribution >= 0.6 is 0 Å². The Morgan fingerprint density at radius 1 is 1.06 bits per heavy atom. The van der Waals surface area contributed by atoms with Crippen molar-refractivity contribution in [3.8, 4) is 0 Å². The molecule has 1 atom stereocenters. The number of aromatic nitrogens is 3. The number of amides is 2. The molecule has 5 rings (SSSR count). The largest absolute Gasteiger partial charge is 0.338 e. The molecule has 0 radical (unpaired) electrons. The second kappa shape index (κ2) is 9.45. The van der Waals surface area contributed by atoms with Gasteiger partial charge in [0.05, 0.1) is 23.8 Å². The van der Waals surface area contributed by atoms with Crippen molar-refractivity contribution in [2.24, 2.45) is 5.92 Å². The first kappa shape index (κ1) is 21.8. The van der Waals surface area contributed by atoms with Gasteiger partial charge in [-0.25, -0.2) is 4.98 Å². The maximum Gasteiger partial charge on any atom is 0.273 e. The number of fused-ring (bicyclic) bond motifs is 1. The molecule has 2 amide bonds. The van der Waals surface area contributed by atoms with E-state index in [9.17, 15) is 14.4 Å². The molecule has 1 saturated carbocycles. The third kappa shape index (κ3) is 4.56. The summed E-state index contributed by atoms with van der Waals surface area (Å²) >= 11 is 0. The van der Waals surface area contributed by atoms with Gasteiger partial charge in [-0.2, -0.15) is 0 Å². The van der Waals surface area contributed by atoms with Gasteiger partial charge in [-0.1, -0.05) is 18.9 Å². The molecule has 2 aliphatic heterocycles. The SMILES string of the molecule is O=C(CC1CCCC1)N1CCc2nc(C3CCCCN3C(=O)c3ccccn3)[nH]c(=O)c2C1. The average Bonchev–Trinajstić information content (AvgIpc) is 3.37. The summed E-state index contributed by atoms with van der Waals surface area (Å²) in [4.78, 5) is 54.5. The second-order valence-corrected chi connectivity index (χ2v) is 9.52. The number of carbonyl (C=O) groups is 2. The van der Waals surface area contributed by atoms with E-state index in [4.69, 9.17) is 4.98 Å². The summed E-state index contributed by atoms with van der Waals surface area (Å²) < 4.78 is 0. The number of piperidine rings is 1. The molecule has 2 aromatic rings. The van der Waals surface area contributed by atoms with E-state index >= 15 is 0 Å². The fourth-order valence-corrected chi connectivity index (χ4v) is 5.50. The highest BCUT2D eigenvalue weighted by molar-refractivity contribution is 5.92. The lowest BCUT2D eigenvalue weighted by Gasteiger charge is -2.35. The molecular formula is C25H31N5O3. The lowest BCUT2D eigenvalue weighted by Crippen LogP contribution is -2.43. The minimum absolute atomic E-state index is 0.135. The summed E-state index contributed by atoms with van der Waals surface area (Å²) in [6, 6.07) is 5.04. The minimum atomic E-state index is -0.270. The average molecular weight is 450 g/mol. The first-order valence-corrected chi connectivity index (χ1v) is 12.2. The predicted molar refractivity (Wildman–Crippen MR) is 122 cm³/mol. The topological polar surface area (TPSA) is 99.3 Å². The number of likely N-dealkylation sites (tertiary alicyclic amines) is 1. The van der Waals surface area contributed by atoms with E-state index in [0.717, 1.165) is 37.8 Å². The van der Waals surface area contributed by atoms with Gasteiger partial charge in [0.15, 0.2) is 0 Å². The molecule has 2 aromatic heterocycles. The monoisotopic (exact) mass is 449 g/mol. The molecule has 3 aliphatic rings. The van der Waals surface area contributed by atoms with Crippen LogP contribution in [0, 0.1) is 5.92 Å². The number of hydrogen-bond donors (Lipinski definition) is 1. The van der Waals surface area contributed by atoms with E-state index < -0.39 is 0 Å². The molecule has 1 unspecified atom stereocenters. The quantitative estimate of drug-likeness (QED) is 0.774. The Hall–Kier alpha value is -3.03. The fourth-order valence-electron chi connectivity index (χ4n) is 5.50. The molecule has 174 valence electrons. The molecule has 2 fully saturated rings. The third-order valence-corrected chi connectivity index (χ3v) is 7.34. The van der Waals surface area contributed by atoms with Crippen molar-refractivity contribution in [1.82, 2.24) is 24.8 Å². The number of hydrogen-bond acceptors (Lipinski definition) is 5. The molecule has 1 aliphatic carbocycles. The Morgan fingerprint density at radius 3 is 2.67 bits per heavy atom. The molecule has 4 heterocycles. The molecule has 0 spiro atoms. The molecule has 8 heteroatoms. The van der Waals surface area contributed by atoms with E-state index in [2.05, 4.69) is 9.97 Å². The van der Waals surface area contributed by atoms with Crippen LogP contribution in [0.3, 0.4) is 0 Å². The zero-order valence-electron chi connectivity index (χ0n) is 19.0. The van der Waals surface area contributed by atoms with Gasteiger partial charge in [-0.3, -0.25) is 19.4 Å². The summed E-state index contributed by atoms with van der Waals surface area (Å²) in [6.07, 6.45) is 10.1. The molecule has 8 nitrogen and oxygen atoms in total. The lowest BCUT2D eigenvalue weighted by molar-refractivity contribution is -0.133. The summed E-state index contributed by atoms with van der Waals surface area (Å²) in [6.45, 7) is 1.53. The fraction of sp³-hybridized carbons (Fsp3) is 0.560. The highest BCUT2D eigenvalue weighted by Gasteiger charge is 2.33. The van der Waals surface area contributed by atoms with Gasteiger partial charge in [0.25, 0.3) is 11.5 Å².